The number of methoxy groups -OCH3 is 1. The third-order valence-corrected chi connectivity index (χ3v) is 5.44. The van der Waals surface area contributed by atoms with E-state index in [4.69, 9.17) is 16.3 Å². The van der Waals surface area contributed by atoms with Crippen LogP contribution in [0.2, 0.25) is 5.02 Å². The van der Waals surface area contributed by atoms with Crippen LogP contribution in [-0.2, 0) is 11.2 Å². The molecule has 6 nitrogen and oxygen atoms in total. The van der Waals surface area contributed by atoms with E-state index >= 15 is 0 Å². The monoisotopic (exact) mass is 429 g/mol. The Balaban J connectivity index is 1.41. The fraction of sp³-hybridized carbons (Fsp3) is 0.391. The van der Waals surface area contributed by atoms with Crippen LogP contribution in [0.4, 0.5) is 0 Å². The largest absolute Gasteiger partial charge is 0.497 e. The maximum atomic E-state index is 12.7. The van der Waals surface area contributed by atoms with E-state index in [-0.39, 0.29) is 11.8 Å². The molecule has 3 rings (SSSR count). The molecule has 2 aromatic carbocycles. The number of nitrogens with one attached hydrogen (secondary N) is 1. The second-order valence-electron chi connectivity index (χ2n) is 7.38. The van der Waals surface area contributed by atoms with Gasteiger partial charge >= 0.3 is 0 Å². The average molecular weight is 430 g/mol. The SMILES string of the molecule is COc1ccc(CCNC(=O)CN2CCCN(C(=O)c3cccc(Cl)c3)CC2)cc1. The van der Waals surface area contributed by atoms with Gasteiger partial charge in [-0.2, -0.15) is 0 Å². The van der Waals surface area contributed by atoms with Gasteiger partial charge in [0, 0.05) is 43.3 Å². The quantitative estimate of drug-likeness (QED) is 0.735. The molecule has 0 aliphatic carbocycles. The van der Waals surface area contributed by atoms with Gasteiger partial charge in [0.15, 0.2) is 0 Å². The highest BCUT2D eigenvalue weighted by atomic mass is 35.5. The van der Waals surface area contributed by atoms with Crippen molar-refractivity contribution >= 4 is 23.4 Å². The van der Waals surface area contributed by atoms with Gasteiger partial charge in [0.2, 0.25) is 5.91 Å². The first-order valence-corrected chi connectivity index (χ1v) is 10.6. The third kappa shape index (κ3) is 6.47. The van der Waals surface area contributed by atoms with Gasteiger partial charge in [-0.1, -0.05) is 29.8 Å². The van der Waals surface area contributed by atoms with Gasteiger partial charge in [0.25, 0.3) is 5.91 Å². The van der Waals surface area contributed by atoms with Crippen molar-refractivity contribution in [2.75, 3.05) is 46.4 Å². The fourth-order valence-corrected chi connectivity index (χ4v) is 3.72. The van der Waals surface area contributed by atoms with Crippen molar-refractivity contribution in [1.82, 2.24) is 15.1 Å². The molecule has 1 heterocycles. The van der Waals surface area contributed by atoms with Crippen LogP contribution in [0.3, 0.4) is 0 Å². The summed E-state index contributed by atoms with van der Waals surface area (Å²) < 4.78 is 5.15. The zero-order chi connectivity index (χ0) is 21.3. The summed E-state index contributed by atoms with van der Waals surface area (Å²) in [6, 6.07) is 14.9. The first kappa shape index (κ1) is 22.1. The van der Waals surface area contributed by atoms with Gasteiger partial charge in [-0.25, -0.2) is 0 Å². The van der Waals surface area contributed by atoms with Gasteiger partial charge in [0.05, 0.1) is 13.7 Å². The van der Waals surface area contributed by atoms with Gasteiger partial charge in [-0.05, 0) is 48.7 Å². The smallest absolute Gasteiger partial charge is 0.253 e. The lowest BCUT2D eigenvalue weighted by atomic mass is 10.1. The van der Waals surface area contributed by atoms with Gasteiger partial charge in [-0.3, -0.25) is 14.5 Å². The lowest BCUT2D eigenvalue weighted by Gasteiger charge is -2.22. The molecule has 30 heavy (non-hydrogen) atoms. The number of carbonyl (C=O) groups is 2. The molecule has 1 N–H and O–H groups in total. The normalized spacial score (nSPS) is 14.8. The number of halogens is 1. The molecule has 2 amide bonds. The number of hydrogen-bond acceptors (Lipinski definition) is 4. The minimum atomic E-state index is -0.0108. The molecule has 0 atom stereocenters. The standard InChI is InChI=1S/C23H28ClN3O3/c1-30-21-8-6-18(7-9-21)10-11-25-22(28)17-26-12-3-13-27(15-14-26)23(29)19-4-2-5-20(24)16-19/h2,4-9,16H,3,10-15,17H2,1H3,(H,25,28). The van der Waals surface area contributed by atoms with E-state index in [0.717, 1.165) is 30.7 Å². The highest BCUT2D eigenvalue weighted by molar-refractivity contribution is 6.30. The Labute approximate surface area is 182 Å². The van der Waals surface area contributed by atoms with Gasteiger partial charge < -0.3 is 15.0 Å². The van der Waals surface area contributed by atoms with E-state index in [1.54, 1.807) is 31.4 Å². The topological polar surface area (TPSA) is 61.9 Å². The van der Waals surface area contributed by atoms with Crippen LogP contribution in [0.5, 0.6) is 5.75 Å². The van der Waals surface area contributed by atoms with E-state index in [2.05, 4.69) is 10.2 Å². The molecule has 1 aliphatic heterocycles. The number of rotatable bonds is 7. The molecule has 1 fully saturated rings. The van der Waals surface area contributed by atoms with Gasteiger partial charge in [-0.15, -0.1) is 0 Å². The van der Waals surface area contributed by atoms with Crippen molar-refractivity contribution in [3.63, 3.8) is 0 Å². The molecule has 0 bridgehead atoms. The molecule has 2 aromatic rings. The Bertz CT molecular complexity index is 857. The van der Waals surface area contributed by atoms with E-state index in [9.17, 15) is 9.59 Å². The average Bonchev–Trinajstić information content (AvgIpc) is 2.99. The number of ether oxygens (including phenoxy) is 1. The minimum absolute atomic E-state index is 0.0108. The minimum Gasteiger partial charge on any atom is -0.497 e. The molecular formula is C23H28ClN3O3. The molecule has 0 unspecified atom stereocenters. The second kappa shape index (κ2) is 11.0. The van der Waals surface area contributed by atoms with E-state index in [1.165, 1.54) is 0 Å². The summed E-state index contributed by atoms with van der Waals surface area (Å²) >= 11 is 6.01. The van der Waals surface area contributed by atoms with Crippen LogP contribution in [0, 0.1) is 0 Å². The number of nitrogens with zero attached hydrogens (tertiary/aromatic N) is 2. The summed E-state index contributed by atoms with van der Waals surface area (Å²) in [5.74, 6) is 0.827. The van der Waals surface area contributed by atoms with Crippen LogP contribution in [0.25, 0.3) is 0 Å². The maximum absolute atomic E-state index is 12.7. The summed E-state index contributed by atoms with van der Waals surface area (Å²) in [4.78, 5) is 29.0. The van der Waals surface area contributed by atoms with E-state index in [1.807, 2.05) is 29.2 Å². The zero-order valence-electron chi connectivity index (χ0n) is 17.3. The number of hydrogen-bond donors (Lipinski definition) is 1. The molecule has 1 aliphatic rings. The molecule has 0 radical (unpaired) electrons. The lowest BCUT2D eigenvalue weighted by molar-refractivity contribution is -0.122. The van der Waals surface area contributed by atoms with Crippen molar-refractivity contribution in [3.05, 3.63) is 64.7 Å². The predicted molar refractivity (Wildman–Crippen MR) is 118 cm³/mol. The summed E-state index contributed by atoms with van der Waals surface area (Å²) in [6.07, 6.45) is 1.61. The van der Waals surface area contributed by atoms with E-state index in [0.29, 0.717) is 43.3 Å². The number of benzene rings is 2. The summed E-state index contributed by atoms with van der Waals surface area (Å²) in [6.45, 7) is 3.70. The molecule has 0 saturated carbocycles. The van der Waals surface area contributed by atoms with E-state index < -0.39 is 0 Å². The first-order valence-electron chi connectivity index (χ1n) is 10.2. The molecule has 1 saturated heterocycles. The molecular weight excluding hydrogens is 402 g/mol. The van der Waals surface area contributed by atoms with Crippen LogP contribution in [0.1, 0.15) is 22.3 Å². The Morgan fingerprint density at radius 3 is 2.60 bits per heavy atom. The Morgan fingerprint density at radius 2 is 1.87 bits per heavy atom. The second-order valence-corrected chi connectivity index (χ2v) is 7.82. The van der Waals surface area contributed by atoms with Crippen LogP contribution >= 0.6 is 11.6 Å². The van der Waals surface area contributed by atoms with Gasteiger partial charge in [0.1, 0.15) is 5.75 Å². The molecule has 0 aromatic heterocycles. The first-order chi connectivity index (χ1) is 14.5. The van der Waals surface area contributed by atoms with Crippen LogP contribution in [0.15, 0.2) is 48.5 Å². The molecule has 7 heteroatoms. The Morgan fingerprint density at radius 1 is 1.07 bits per heavy atom. The number of carbonyl (C=O) groups excluding carboxylic acids is 2. The van der Waals surface area contributed by atoms with Crippen LogP contribution in [-0.4, -0.2) is 68.0 Å². The zero-order valence-corrected chi connectivity index (χ0v) is 18.0. The lowest BCUT2D eigenvalue weighted by Crippen LogP contribution is -2.40. The fourth-order valence-electron chi connectivity index (χ4n) is 3.53. The van der Waals surface area contributed by atoms with Crippen molar-refractivity contribution in [2.45, 2.75) is 12.8 Å². The molecule has 0 spiro atoms. The Hall–Kier alpha value is -2.57. The predicted octanol–water partition coefficient (Wildman–Crippen LogP) is 2.86. The summed E-state index contributed by atoms with van der Waals surface area (Å²) in [5, 5.41) is 3.55. The highest BCUT2D eigenvalue weighted by Crippen LogP contribution is 2.14. The van der Waals surface area contributed by atoms with Crippen molar-refractivity contribution in [3.8, 4) is 5.75 Å². The third-order valence-electron chi connectivity index (χ3n) is 5.21. The summed E-state index contributed by atoms with van der Waals surface area (Å²) in [7, 11) is 1.64. The Kier molecular flexibility index (Phi) is 8.11. The summed E-state index contributed by atoms with van der Waals surface area (Å²) in [5.41, 5.74) is 1.76. The maximum Gasteiger partial charge on any atom is 0.253 e. The molecule has 160 valence electrons. The van der Waals surface area contributed by atoms with Crippen molar-refractivity contribution in [1.29, 1.82) is 0 Å². The van der Waals surface area contributed by atoms with Crippen molar-refractivity contribution < 1.29 is 14.3 Å². The van der Waals surface area contributed by atoms with Crippen LogP contribution < -0.4 is 10.1 Å². The number of amides is 2. The highest BCUT2D eigenvalue weighted by Gasteiger charge is 2.21. The van der Waals surface area contributed by atoms with Crippen molar-refractivity contribution in [2.24, 2.45) is 0 Å².